The van der Waals surface area contributed by atoms with Gasteiger partial charge in [-0.25, -0.2) is 8.78 Å². The highest BCUT2D eigenvalue weighted by Crippen LogP contribution is 2.32. The summed E-state index contributed by atoms with van der Waals surface area (Å²) in [6.07, 6.45) is 0.899. The molecule has 0 bridgehead atoms. The van der Waals surface area contributed by atoms with Crippen LogP contribution in [0.1, 0.15) is 40.1 Å². The molecule has 0 saturated carbocycles. The maximum atomic E-state index is 13.9. The smallest absolute Gasteiger partial charge is 0.198 e. The van der Waals surface area contributed by atoms with Crippen LogP contribution in [-0.4, -0.2) is 16.3 Å². The predicted molar refractivity (Wildman–Crippen MR) is 66.1 cm³/mol. The van der Waals surface area contributed by atoms with E-state index in [9.17, 15) is 28.3 Å². The van der Waals surface area contributed by atoms with Gasteiger partial charge >= 0.3 is 0 Å². The van der Waals surface area contributed by atoms with Crippen LogP contribution < -0.4 is 10.5 Å². The number of halogens is 2. The number of rotatable bonds is 1. The number of carbonyl (C=O) groups is 2. The van der Waals surface area contributed by atoms with Crippen LogP contribution in [0.2, 0.25) is 0 Å². The molecule has 5 nitrogen and oxygen atoms in total. The quantitative estimate of drug-likeness (QED) is 0.778. The Hall–Kier alpha value is -2.57. The fraction of sp³-hybridized carbons (Fsp3) is 0.214. The molecule has 1 aromatic heterocycles. The van der Waals surface area contributed by atoms with Gasteiger partial charge in [0, 0.05) is 18.7 Å². The topological polar surface area (TPSA) is 79.2 Å². The van der Waals surface area contributed by atoms with Crippen molar-refractivity contribution < 1.29 is 23.5 Å². The second-order valence-electron chi connectivity index (χ2n) is 4.99. The molecular formula is C14H8F2NO4-. The number of aromatic nitrogens is 1. The maximum Gasteiger partial charge on any atom is 0.198 e. The Morgan fingerprint density at radius 2 is 2.05 bits per heavy atom. The largest absolute Gasteiger partial charge is 0.545 e. The molecule has 0 spiro atoms. The van der Waals surface area contributed by atoms with E-state index in [4.69, 9.17) is 0 Å². The van der Waals surface area contributed by atoms with Crippen LogP contribution in [0.3, 0.4) is 0 Å². The summed E-state index contributed by atoms with van der Waals surface area (Å²) in [4.78, 5) is 35.0. The van der Waals surface area contributed by atoms with Crippen molar-refractivity contribution >= 4 is 22.7 Å². The molecule has 0 amide bonds. The first-order valence-electron chi connectivity index (χ1n) is 6.14. The normalized spacial score (nSPS) is 17.3. The van der Waals surface area contributed by atoms with E-state index in [0.29, 0.717) is 6.07 Å². The first-order chi connectivity index (χ1) is 9.82. The molecule has 21 heavy (non-hydrogen) atoms. The van der Waals surface area contributed by atoms with Gasteiger partial charge in [0.1, 0.15) is 0 Å². The molecule has 1 aromatic carbocycles. The Morgan fingerprint density at radius 1 is 1.38 bits per heavy atom. The van der Waals surface area contributed by atoms with Gasteiger partial charge < -0.3 is 14.5 Å². The Morgan fingerprint density at radius 3 is 2.67 bits per heavy atom. The van der Waals surface area contributed by atoms with Crippen LogP contribution in [0.5, 0.6) is 0 Å². The third-order valence-corrected chi connectivity index (χ3v) is 3.66. The number of carboxylic acids is 1. The second kappa shape index (κ2) is 4.21. The summed E-state index contributed by atoms with van der Waals surface area (Å²) in [7, 11) is 0. The van der Waals surface area contributed by atoms with Crippen molar-refractivity contribution in [1.82, 2.24) is 4.57 Å². The summed E-state index contributed by atoms with van der Waals surface area (Å²) < 4.78 is 28.8. The van der Waals surface area contributed by atoms with Crippen molar-refractivity contribution in [3.05, 3.63) is 45.2 Å². The van der Waals surface area contributed by atoms with Crippen LogP contribution in [-0.2, 0) is 0 Å². The zero-order valence-corrected chi connectivity index (χ0v) is 10.8. The Kier molecular flexibility index (Phi) is 2.69. The summed E-state index contributed by atoms with van der Waals surface area (Å²) in [6.45, 7) is 1.62. The number of ketones is 1. The van der Waals surface area contributed by atoms with E-state index >= 15 is 0 Å². The van der Waals surface area contributed by atoms with E-state index in [1.165, 1.54) is 4.57 Å². The van der Waals surface area contributed by atoms with E-state index in [1.807, 2.05) is 0 Å². The third kappa shape index (κ3) is 1.70. The monoisotopic (exact) mass is 292 g/mol. The van der Waals surface area contributed by atoms with Gasteiger partial charge in [-0.1, -0.05) is 0 Å². The van der Waals surface area contributed by atoms with Gasteiger partial charge in [-0.3, -0.25) is 9.59 Å². The van der Waals surface area contributed by atoms with Gasteiger partial charge in [0.2, 0.25) is 0 Å². The SMILES string of the molecule is C[C@@H]1CC(=O)c2c(F)c(F)cc3c(=O)c(C(=O)[O-])cn1c23. The molecule has 2 aromatic rings. The molecule has 108 valence electrons. The summed E-state index contributed by atoms with van der Waals surface area (Å²) in [5, 5.41) is 10.7. The van der Waals surface area contributed by atoms with Gasteiger partial charge in [0.25, 0.3) is 0 Å². The van der Waals surface area contributed by atoms with Crippen molar-refractivity contribution in [2.75, 3.05) is 0 Å². The summed E-state index contributed by atoms with van der Waals surface area (Å²) >= 11 is 0. The Bertz CT molecular complexity index is 885. The number of carboxylic acid groups (broad SMARTS) is 1. The predicted octanol–water partition coefficient (Wildman–Crippen LogP) is 0.791. The lowest BCUT2D eigenvalue weighted by molar-refractivity contribution is -0.255. The molecule has 0 radical (unpaired) electrons. The lowest BCUT2D eigenvalue weighted by Gasteiger charge is -2.26. The number of hydrogen-bond donors (Lipinski definition) is 0. The average molecular weight is 292 g/mol. The van der Waals surface area contributed by atoms with Gasteiger partial charge in [-0.2, -0.15) is 0 Å². The highest BCUT2D eigenvalue weighted by molar-refractivity contribution is 6.09. The molecule has 0 N–H and O–H groups in total. The molecule has 0 aliphatic carbocycles. The van der Waals surface area contributed by atoms with Crippen molar-refractivity contribution in [2.24, 2.45) is 0 Å². The first-order valence-corrected chi connectivity index (χ1v) is 6.14. The number of hydrogen-bond acceptors (Lipinski definition) is 4. The van der Waals surface area contributed by atoms with Gasteiger partial charge in [-0.15, -0.1) is 0 Å². The lowest BCUT2D eigenvalue weighted by Crippen LogP contribution is -2.32. The number of pyridine rings is 1. The van der Waals surface area contributed by atoms with E-state index in [-0.39, 0.29) is 17.3 Å². The molecule has 1 atom stereocenters. The highest BCUT2D eigenvalue weighted by atomic mass is 19.2. The van der Waals surface area contributed by atoms with Crippen molar-refractivity contribution in [3.8, 4) is 0 Å². The maximum absolute atomic E-state index is 13.9. The number of Topliss-reactive ketones (excluding diaryl/α,β-unsaturated/α-hetero) is 1. The number of benzene rings is 1. The minimum Gasteiger partial charge on any atom is -0.545 e. The molecule has 2 heterocycles. The van der Waals surface area contributed by atoms with E-state index in [1.54, 1.807) is 6.92 Å². The molecule has 1 aliphatic heterocycles. The summed E-state index contributed by atoms with van der Waals surface area (Å²) in [5.74, 6) is -5.01. The van der Waals surface area contributed by atoms with E-state index in [2.05, 4.69) is 0 Å². The van der Waals surface area contributed by atoms with Gasteiger partial charge in [0.05, 0.1) is 28.0 Å². The number of nitrogens with zero attached hydrogens (tertiary/aromatic N) is 1. The summed E-state index contributed by atoms with van der Waals surface area (Å²) in [6, 6.07) is 0.140. The number of aromatic carboxylic acids is 1. The third-order valence-electron chi connectivity index (χ3n) is 3.66. The lowest BCUT2D eigenvalue weighted by atomic mass is 9.94. The minimum absolute atomic E-state index is 0.0762. The molecular weight excluding hydrogens is 284 g/mol. The van der Waals surface area contributed by atoms with Crippen LogP contribution in [0.25, 0.3) is 10.9 Å². The fourth-order valence-corrected chi connectivity index (χ4v) is 2.68. The van der Waals surface area contributed by atoms with Crippen molar-refractivity contribution in [1.29, 1.82) is 0 Å². The van der Waals surface area contributed by atoms with E-state index in [0.717, 1.165) is 6.20 Å². The first kappa shape index (κ1) is 13.4. The zero-order chi connectivity index (χ0) is 15.5. The Labute approximate surface area is 116 Å². The van der Waals surface area contributed by atoms with Crippen LogP contribution in [0.4, 0.5) is 8.78 Å². The number of carbonyl (C=O) groups excluding carboxylic acids is 2. The average Bonchev–Trinajstić information content (AvgIpc) is 2.40. The van der Waals surface area contributed by atoms with Gasteiger partial charge in [-0.05, 0) is 13.0 Å². The highest BCUT2D eigenvalue weighted by Gasteiger charge is 2.30. The fourth-order valence-electron chi connectivity index (χ4n) is 2.68. The molecule has 0 fully saturated rings. The minimum atomic E-state index is -1.71. The summed E-state index contributed by atoms with van der Waals surface area (Å²) in [5.41, 5.74) is -2.23. The zero-order valence-electron chi connectivity index (χ0n) is 10.8. The van der Waals surface area contributed by atoms with Crippen LogP contribution in [0, 0.1) is 11.6 Å². The molecule has 0 unspecified atom stereocenters. The molecule has 7 heteroatoms. The van der Waals surface area contributed by atoms with Crippen molar-refractivity contribution in [3.63, 3.8) is 0 Å². The van der Waals surface area contributed by atoms with E-state index < -0.39 is 46.0 Å². The Balaban J connectivity index is 2.62. The van der Waals surface area contributed by atoms with Crippen LogP contribution in [0.15, 0.2) is 17.1 Å². The van der Waals surface area contributed by atoms with Crippen molar-refractivity contribution in [2.45, 2.75) is 19.4 Å². The molecule has 3 rings (SSSR count). The van der Waals surface area contributed by atoms with Crippen LogP contribution >= 0.6 is 0 Å². The molecule has 0 saturated heterocycles. The van der Waals surface area contributed by atoms with Gasteiger partial charge in [0.15, 0.2) is 22.8 Å². The molecule has 1 aliphatic rings. The standard InChI is InChI=1S/C14H9F2NO4/c1-5-2-9(18)10-11(16)8(15)3-6-12(10)17(5)4-7(13(6)19)14(20)21/h3-5H,2H2,1H3,(H,20,21)/p-1/t5-/m1/s1. The second-order valence-corrected chi connectivity index (χ2v) is 4.99.